The van der Waals surface area contributed by atoms with E-state index in [9.17, 15) is 4.39 Å². The van der Waals surface area contributed by atoms with Crippen molar-refractivity contribution in [3.63, 3.8) is 0 Å². The van der Waals surface area contributed by atoms with Crippen LogP contribution in [0.15, 0.2) is 18.2 Å². The van der Waals surface area contributed by atoms with Crippen molar-refractivity contribution in [1.82, 2.24) is 0 Å². The van der Waals surface area contributed by atoms with E-state index in [4.69, 9.17) is 11.6 Å². The summed E-state index contributed by atoms with van der Waals surface area (Å²) in [6, 6.07) is 4.69. The summed E-state index contributed by atoms with van der Waals surface area (Å²) >= 11 is 5.79. The summed E-state index contributed by atoms with van der Waals surface area (Å²) in [6.07, 6.45) is 0. The molecular formula is C9H11ClFN. The molecule has 1 aromatic carbocycles. The smallest absolute Gasteiger partial charge is 0.133 e. The predicted molar refractivity (Wildman–Crippen MR) is 47.4 cm³/mol. The normalized spacial score (nSPS) is 13.0. The molecule has 0 aliphatic rings. The molecule has 0 aromatic heterocycles. The lowest BCUT2D eigenvalue weighted by atomic mass is 10.2. The van der Waals surface area contributed by atoms with E-state index in [1.165, 1.54) is 6.07 Å². The molecule has 0 saturated heterocycles. The topological polar surface area (TPSA) is 4.44 Å². The van der Waals surface area contributed by atoms with Gasteiger partial charge in [-0.3, -0.25) is 0 Å². The molecule has 1 aromatic rings. The Bertz CT molecular complexity index is 253. The van der Waals surface area contributed by atoms with Crippen molar-refractivity contribution >= 4 is 11.6 Å². The summed E-state index contributed by atoms with van der Waals surface area (Å²) in [5, 5.41) is 0.470. The van der Waals surface area contributed by atoms with Gasteiger partial charge in [0.25, 0.3) is 0 Å². The third-order valence-corrected chi connectivity index (χ3v) is 1.89. The zero-order valence-corrected chi connectivity index (χ0v) is 7.66. The number of benzene rings is 1. The fourth-order valence-electron chi connectivity index (χ4n) is 1.00. The number of halogens is 2. The number of rotatable bonds is 2. The number of hydrogen-bond acceptors (Lipinski definition) is 0. The van der Waals surface area contributed by atoms with E-state index in [2.05, 4.69) is 7.05 Å². The Morgan fingerprint density at radius 2 is 2.25 bits per heavy atom. The molecule has 1 atom stereocenters. The number of quaternary nitrogens is 1. The Morgan fingerprint density at radius 1 is 1.58 bits per heavy atom. The van der Waals surface area contributed by atoms with E-state index >= 15 is 0 Å². The molecule has 66 valence electrons. The van der Waals surface area contributed by atoms with E-state index in [-0.39, 0.29) is 5.82 Å². The molecule has 1 nitrogen and oxygen atoms in total. The molecule has 0 fully saturated rings. The Kier molecular flexibility index (Phi) is 3.06. The summed E-state index contributed by atoms with van der Waals surface area (Å²) in [5.41, 5.74) is 0.534. The Labute approximate surface area is 76.8 Å². The second-order valence-corrected chi connectivity index (χ2v) is 3.24. The first kappa shape index (κ1) is 9.49. The average molecular weight is 188 g/mol. The zero-order valence-electron chi connectivity index (χ0n) is 6.90. The minimum absolute atomic E-state index is 0.259. The van der Waals surface area contributed by atoms with Gasteiger partial charge < -0.3 is 4.90 Å². The molecule has 0 radical (unpaired) electrons. The fraction of sp³-hybridized carbons (Fsp3) is 0.222. The highest BCUT2D eigenvalue weighted by Crippen LogP contribution is 2.17. The molecule has 0 bridgehead atoms. The molecule has 1 rings (SSSR count). The van der Waals surface area contributed by atoms with Crippen LogP contribution < -0.4 is 4.90 Å². The van der Waals surface area contributed by atoms with Crippen molar-refractivity contribution in [2.45, 2.75) is 6.54 Å². The summed E-state index contributed by atoms with van der Waals surface area (Å²) in [5.74, 6) is -0.259. The van der Waals surface area contributed by atoms with Crippen LogP contribution in [0.2, 0.25) is 5.02 Å². The van der Waals surface area contributed by atoms with Crippen LogP contribution in [0, 0.1) is 12.9 Å². The average Bonchev–Trinajstić information content (AvgIpc) is 1.97. The summed E-state index contributed by atoms with van der Waals surface area (Å²) < 4.78 is 13.1. The zero-order chi connectivity index (χ0) is 9.14. The van der Waals surface area contributed by atoms with Crippen LogP contribution in [0.3, 0.4) is 0 Å². The molecule has 0 aliphatic carbocycles. The molecule has 1 unspecified atom stereocenters. The van der Waals surface area contributed by atoms with Crippen molar-refractivity contribution < 1.29 is 9.29 Å². The summed E-state index contributed by atoms with van der Waals surface area (Å²) in [4.78, 5) is 0.905. The Hall–Kier alpha value is -0.600. The van der Waals surface area contributed by atoms with E-state index in [0.717, 1.165) is 4.90 Å². The Morgan fingerprint density at radius 3 is 2.75 bits per heavy atom. The largest absolute Gasteiger partial charge is 0.466 e. The monoisotopic (exact) mass is 187 g/mol. The lowest BCUT2D eigenvalue weighted by Gasteiger charge is -2.15. The molecule has 0 aliphatic heterocycles. The molecule has 12 heavy (non-hydrogen) atoms. The summed E-state index contributed by atoms with van der Waals surface area (Å²) in [6.45, 7) is 0.505. The van der Waals surface area contributed by atoms with Crippen molar-refractivity contribution in [3.05, 3.63) is 41.7 Å². The lowest BCUT2D eigenvalue weighted by molar-refractivity contribution is -0.846. The SMILES string of the molecule is [CH2-][NH+](C)Cc1c(F)cccc1Cl. The van der Waals surface area contributed by atoms with E-state index in [0.29, 0.717) is 17.1 Å². The van der Waals surface area contributed by atoms with Gasteiger partial charge in [0.1, 0.15) is 5.82 Å². The first-order valence-corrected chi connectivity index (χ1v) is 4.06. The van der Waals surface area contributed by atoms with Crippen LogP contribution in [-0.4, -0.2) is 7.05 Å². The third-order valence-electron chi connectivity index (χ3n) is 1.54. The standard InChI is InChI=1S/C9H11ClFN/c1-12(2)6-7-8(10)4-3-5-9(7)11/h3-5,12H,1,6H2,2H3. The van der Waals surface area contributed by atoms with E-state index < -0.39 is 0 Å². The van der Waals surface area contributed by atoms with Crippen LogP contribution in [0.1, 0.15) is 5.56 Å². The van der Waals surface area contributed by atoms with Crippen molar-refractivity contribution in [2.75, 3.05) is 7.05 Å². The van der Waals surface area contributed by atoms with Gasteiger partial charge in [0.2, 0.25) is 0 Å². The van der Waals surface area contributed by atoms with Gasteiger partial charge in [-0.05, 0) is 12.1 Å². The van der Waals surface area contributed by atoms with Gasteiger partial charge in [-0.25, -0.2) is 4.39 Å². The highest BCUT2D eigenvalue weighted by molar-refractivity contribution is 6.31. The first-order chi connectivity index (χ1) is 5.61. The van der Waals surface area contributed by atoms with Gasteiger partial charge in [0.15, 0.2) is 0 Å². The van der Waals surface area contributed by atoms with Crippen LogP contribution in [-0.2, 0) is 6.54 Å². The van der Waals surface area contributed by atoms with Crippen LogP contribution in [0.5, 0.6) is 0 Å². The van der Waals surface area contributed by atoms with Crippen molar-refractivity contribution in [1.29, 1.82) is 0 Å². The third kappa shape index (κ3) is 2.19. The predicted octanol–water partition coefficient (Wildman–Crippen LogP) is 1.29. The van der Waals surface area contributed by atoms with Crippen LogP contribution in [0.25, 0.3) is 0 Å². The van der Waals surface area contributed by atoms with E-state index in [1.807, 2.05) is 7.05 Å². The van der Waals surface area contributed by atoms with Gasteiger partial charge in [0, 0.05) is 7.05 Å². The fourth-order valence-corrected chi connectivity index (χ4v) is 1.23. The minimum Gasteiger partial charge on any atom is -0.466 e. The maximum atomic E-state index is 13.1. The van der Waals surface area contributed by atoms with Crippen molar-refractivity contribution in [2.24, 2.45) is 0 Å². The molecule has 1 N–H and O–H groups in total. The van der Waals surface area contributed by atoms with Gasteiger partial charge >= 0.3 is 0 Å². The van der Waals surface area contributed by atoms with Gasteiger partial charge in [-0.15, -0.1) is 0 Å². The Balaban J connectivity index is 2.96. The van der Waals surface area contributed by atoms with Gasteiger partial charge in [-0.2, -0.15) is 7.05 Å². The molecular weight excluding hydrogens is 177 g/mol. The van der Waals surface area contributed by atoms with Crippen molar-refractivity contribution in [3.8, 4) is 0 Å². The van der Waals surface area contributed by atoms with Crippen LogP contribution >= 0.6 is 11.6 Å². The summed E-state index contributed by atoms with van der Waals surface area (Å²) in [7, 11) is 5.56. The molecule has 3 heteroatoms. The number of nitrogens with one attached hydrogen (secondary N) is 1. The molecule has 0 amide bonds. The van der Waals surface area contributed by atoms with E-state index in [1.54, 1.807) is 12.1 Å². The molecule has 0 spiro atoms. The minimum atomic E-state index is -0.259. The molecule has 0 saturated carbocycles. The lowest BCUT2D eigenvalue weighted by Crippen LogP contribution is -3.01. The maximum absolute atomic E-state index is 13.1. The first-order valence-electron chi connectivity index (χ1n) is 3.68. The van der Waals surface area contributed by atoms with Gasteiger partial charge in [-0.1, -0.05) is 17.7 Å². The quantitative estimate of drug-likeness (QED) is 0.666. The second kappa shape index (κ2) is 3.87. The highest BCUT2D eigenvalue weighted by atomic mass is 35.5. The van der Waals surface area contributed by atoms with Crippen LogP contribution in [0.4, 0.5) is 4.39 Å². The molecule has 0 heterocycles. The number of hydrogen-bond donors (Lipinski definition) is 1. The highest BCUT2D eigenvalue weighted by Gasteiger charge is 2.07. The second-order valence-electron chi connectivity index (χ2n) is 2.83. The maximum Gasteiger partial charge on any atom is 0.133 e. The van der Waals surface area contributed by atoms with Gasteiger partial charge in [0.05, 0.1) is 17.1 Å².